The van der Waals surface area contributed by atoms with Crippen molar-refractivity contribution in [1.82, 2.24) is 4.98 Å². The van der Waals surface area contributed by atoms with Crippen LogP contribution >= 0.6 is 0 Å². The van der Waals surface area contributed by atoms with Gasteiger partial charge in [0.05, 0.1) is 0 Å². The second kappa shape index (κ2) is 16.2. The molecule has 3 nitrogen and oxygen atoms in total. The summed E-state index contributed by atoms with van der Waals surface area (Å²) in [6.07, 6.45) is 21.1. The van der Waals surface area contributed by atoms with Gasteiger partial charge in [-0.15, -0.1) is 24.2 Å². The topological polar surface area (TPSA) is 39.2 Å². The van der Waals surface area contributed by atoms with Crippen molar-refractivity contribution in [3.63, 3.8) is 0 Å². The number of terminal acetylenes is 1. The molecule has 1 heterocycles. The summed E-state index contributed by atoms with van der Waals surface area (Å²) in [5, 5.41) is 0. The fourth-order valence-electron chi connectivity index (χ4n) is 2.57. The van der Waals surface area contributed by atoms with Crippen LogP contribution < -0.4 is 0 Å². The molecular formula is C23H31NO2. The number of unbranched alkanes of at least 4 members (excludes halogenated alkanes) is 9. The average molecular weight is 354 g/mol. The lowest BCUT2D eigenvalue weighted by Gasteiger charge is -2.05. The van der Waals surface area contributed by atoms with E-state index in [-0.39, 0.29) is 5.97 Å². The van der Waals surface area contributed by atoms with Crippen LogP contribution in [-0.2, 0) is 16.1 Å². The fraction of sp³-hybridized carbons (Fsp3) is 0.565. The summed E-state index contributed by atoms with van der Waals surface area (Å²) in [6.45, 7) is 0.320. The third-order valence-corrected chi connectivity index (χ3v) is 4.07. The zero-order valence-corrected chi connectivity index (χ0v) is 15.8. The minimum Gasteiger partial charge on any atom is -0.461 e. The van der Waals surface area contributed by atoms with E-state index in [9.17, 15) is 4.79 Å². The molecule has 1 aromatic rings. The normalized spacial score (nSPS) is 9.81. The van der Waals surface area contributed by atoms with Gasteiger partial charge in [-0.05, 0) is 18.9 Å². The number of esters is 1. The van der Waals surface area contributed by atoms with Crippen LogP contribution in [0.2, 0.25) is 0 Å². The van der Waals surface area contributed by atoms with E-state index in [4.69, 9.17) is 11.2 Å². The lowest BCUT2D eigenvalue weighted by Crippen LogP contribution is -2.04. The molecule has 0 aromatic carbocycles. The molecule has 26 heavy (non-hydrogen) atoms. The molecule has 3 heteroatoms. The zero-order chi connectivity index (χ0) is 18.7. The van der Waals surface area contributed by atoms with Crippen molar-refractivity contribution < 1.29 is 9.53 Å². The van der Waals surface area contributed by atoms with Crippen LogP contribution in [0.5, 0.6) is 0 Å². The van der Waals surface area contributed by atoms with E-state index in [1.54, 1.807) is 12.4 Å². The predicted molar refractivity (Wildman–Crippen MR) is 106 cm³/mol. The highest BCUT2D eigenvalue weighted by molar-refractivity contribution is 5.69. The maximum absolute atomic E-state index is 11.7. The van der Waals surface area contributed by atoms with Crippen molar-refractivity contribution in [2.24, 2.45) is 0 Å². The summed E-state index contributed by atoms with van der Waals surface area (Å²) in [5.74, 6) is 8.77. The van der Waals surface area contributed by atoms with Crippen molar-refractivity contribution in [2.75, 3.05) is 0 Å². The van der Waals surface area contributed by atoms with Gasteiger partial charge in [0, 0.05) is 43.6 Å². The Kier molecular flexibility index (Phi) is 13.6. The number of hydrogen-bond acceptors (Lipinski definition) is 3. The number of nitrogens with zero attached hydrogens (tertiary/aromatic N) is 1. The molecule has 0 N–H and O–H groups in total. The second-order valence-corrected chi connectivity index (χ2v) is 6.41. The molecule has 0 saturated carbocycles. The molecule has 0 aliphatic heterocycles. The first-order valence-electron chi connectivity index (χ1n) is 9.76. The van der Waals surface area contributed by atoms with Gasteiger partial charge in [-0.25, -0.2) is 0 Å². The first-order chi connectivity index (χ1) is 12.8. The van der Waals surface area contributed by atoms with Gasteiger partial charge in [0.2, 0.25) is 0 Å². The molecule has 0 fully saturated rings. The fourth-order valence-corrected chi connectivity index (χ4v) is 2.57. The predicted octanol–water partition coefficient (Wildman–Crippen LogP) is 5.44. The molecule has 1 aromatic heterocycles. The molecule has 1 rings (SSSR count). The van der Waals surface area contributed by atoms with Crippen LogP contribution in [0.1, 0.15) is 82.6 Å². The van der Waals surface area contributed by atoms with Crippen molar-refractivity contribution in [1.29, 1.82) is 0 Å². The molecule has 0 atom stereocenters. The highest BCUT2D eigenvalue weighted by Crippen LogP contribution is 2.11. The number of ether oxygens (including phenoxy) is 1. The Morgan fingerprint density at radius 3 is 2.35 bits per heavy atom. The molecule has 0 aliphatic carbocycles. The van der Waals surface area contributed by atoms with Crippen molar-refractivity contribution >= 4 is 5.97 Å². The Labute approximate surface area is 158 Å². The van der Waals surface area contributed by atoms with Gasteiger partial charge < -0.3 is 4.74 Å². The third kappa shape index (κ3) is 13.1. The summed E-state index contributed by atoms with van der Waals surface area (Å²) >= 11 is 0. The SMILES string of the molecule is C#CCCC#CCCCCCCCCCCC(=O)OCc1cccnc1. The Morgan fingerprint density at radius 2 is 1.65 bits per heavy atom. The first kappa shape index (κ1) is 21.8. The smallest absolute Gasteiger partial charge is 0.306 e. The van der Waals surface area contributed by atoms with Gasteiger partial charge >= 0.3 is 5.97 Å². The summed E-state index contributed by atoms with van der Waals surface area (Å²) in [6, 6.07) is 3.75. The Hall–Kier alpha value is -2.26. The van der Waals surface area contributed by atoms with E-state index in [0.29, 0.717) is 13.0 Å². The third-order valence-electron chi connectivity index (χ3n) is 4.07. The van der Waals surface area contributed by atoms with Crippen LogP contribution in [0.4, 0.5) is 0 Å². The number of pyridine rings is 1. The number of carbonyl (C=O) groups is 1. The number of rotatable bonds is 13. The maximum atomic E-state index is 11.7. The van der Waals surface area contributed by atoms with Gasteiger partial charge in [-0.2, -0.15) is 0 Å². The Bertz CT molecular complexity index is 578. The Balaban J connectivity index is 1.83. The van der Waals surface area contributed by atoms with Gasteiger partial charge in [0.1, 0.15) is 6.61 Å². The standard InChI is InChI=1S/C23H31NO2/c1-2-3-4-5-6-7-8-9-10-11-12-13-14-15-18-23(25)26-21-22-17-16-19-24-20-22/h1,16-17,19-20H,3-4,7-15,18,21H2. The summed E-state index contributed by atoms with van der Waals surface area (Å²) in [7, 11) is 0. The molecular weight excluding hydrogens is 322 g/mol. The van der Waals surface area contributed by atoms with Crippen LogP contribution in [0.25, 0.3) is 0 Å². The van der Waals surface area contributed by atoms with Gasteiger partial charge in [0.25, 0.3) is 0 Å². The van der Waals surface area contributed by atoms with Crippen LogP contribution in [0.15, 0.2) is 24.5 Å². The molecule has 0 aliphatic rings. The molecule has 140 valence electrons. The summed E-state index contributed by atoms with van der Waals surface area (Å²) in [5.41, 5.74) is 0.930. The molecule has 0 unspecified atom stereocenters. The summed E-state index contributed by atoms with van der Waals surface area (Å²) < 4.78 is 5.24. The quantitative estimate of drug-likeness (QED) is 0.269. The molecule has 0 saturated heterocycles. The van der Waals surface area contributed by atoms with Crippen molar-refractivity contribution in [3.05, 3.63) is 30.1 Å². The summed E-state index contributed by atoms with van der Waals surface area (Å²) in [4.78, 5) is 15.7. The molecule has 0 radical (unpaired) electrons. The zero-order valence-electron chi connectivity index (χ0n) is 15.8. The molecule has 0 spiro atoms. The van der Waals surface area contributed by atoms with E-state index in [1.807, 2.05) is 12.1 Å². The van der Waals surface area contributed by atoms with Crippen molar-refractivity contribution in [3.8, 4) is 24.2 Å². The minimum atomic E-state index is -0.114. The lowest BCUT2D eigenvalue weighted by atomic mass is 10.1. The van der Waals surface area contributed by atoms with E-state index < -0.39 is 0 Å². The van der Waals surface area contributed by atoms with Crippen LogP contribution in [0, 0.1) is 24.2 Å². The number of aromatic nitrogens is 1. The van der Waals surface area contributed by atoms with Gasteiger partial charge in [0.15, 0.2) is 0 Å². The highest BCUT2D eigenvalue weighted by atomic mass is 16.5. The first-order valence-corrected chi connectivity index (χ1v) is 9.76. The monoisotopic (exact) mass is 353 g/mol. The van der Waals surface area contributed by atoms with Crippen molar-refractivity contribution in [2.45, 2.75) is 83.7 Å². The molecule has 0 amide bonds. The Morgan fingerprint density at radius 1 is 0.962 bits per heavy atom. The van der Waals surface area contributed by atoms with E-state index in [1.165, 1.54) is 38.5 Å². The average Bonchev–Trinajstić information content (AvgIpc) is 2.67. The second-order valence-electron chi connectivity index (χ2n) is 6.41. The van der Waals surface area contributed by atoms with E-state index in [2.05, 4.69) is 22.7 Å². The number of carbonyl (C=O) groups excluding carboxylic acids is 1. The minimum absolute atomic E-state index is 0.114. The van der Waals surface area contributed by atoms with Gasteiger partial charge in [-0.3, -0.25) is 9.78 Å². The largest absolute Gasteiger partial charge is 0.461 e. The maximum Gasteiger partial charge on any atom is 0.306 e. The lowest BCUT2D eigenvalue weighted by molar-refractivity contribution is -0.145. The van der Waals surface area contributed by atoms with Crippen LogP contribution in [0.3, 0.4) is 0 Å². The number of hydrogen-bond donors (Lipinski definition) is 0. The molecule has 0 bridgehead atoms. The van der Waals surface area contributed by atoms with E-state index >= 15 is 0 Å². The van der Waals surface area contributed by atoms with Gasteiger partial charge in [-0.1, -0.05) is 44.6 Å². The van der Waals surface area contributed by atoms with E-state index in [0.717, 1.165) is 37.7 Å². The highest BCUT2D eigenvalue weighted by Gasteiger charge is 2.03. The van der Waals surface area contributed by atoms with Crippen LogP contribution in [-0.4, -0.2) is 11.0 Å².